The molecule has 1 aliphatic rings. The van der Waals surface area contributed by atoms with Gasteiger partial charge in [-0.25, -0.2) is 0 Å². The van der Waals surface area contributed by atoms with E-state index in [4.69, 9.17) is 10.5 Å². The second-order valence-corrected chi connectivity index (χ2v) is 5.33. The van der Waals surface area contributed by atoms with Crippen molar-refractivity contribution < 1.29 is 4.74 Å². The van der Waals surface area contributed by atoms with Crippen molar-refractivity contribution in [1.29, 1.82) is 0 Å². The number of ether oxygens (including phenoxy) is 1. The second-order valence-electron chi connectivity index (χ2n) is 5.33. The molecule has 0 radical (unpaired) electrons. The highest BCUT2D eigenvalue weighted by atomic mass is 16.5. The number of benzene rings is 1. The van der Waals surface area contributed by atoms with Crippen LogP contribution in [0.2, 0.25) is 0 Å². The molecular weight excluding hydrogens is 236 g/mol. The van der Waals surface area contributed by atoms with Crippen LogP contribution in [-0.2, 0) is 6.54 Å². The third-order valence-corrected chi connectivity index (χ3v) is 3.65. The predicted octanol–water partition coefficient (Wildman–Crippen LogP) is 2.79. The molecule has 2 N–H and O–H groups in total. The Morgan fingerprint density at radius 3 is 2.42 bits per heavy atom. The van der Waals surface area contributed by atoms with Gasteiger partial charge in [-0.15, -0.1) is 0 Å². The molecule has 0 amide bonds. The van der Waals surface area contributed by atoms with Crippen molar-refractivity contribution >= 4 is 0 Å². The van der Waals surface area contributed by atoms with Gasteiger partial charge >= 0.3 is 0 Å². The second kappa shape index (κ2) is 8.18. The molecule has 3 heteroatoms. The van der Waals surface area contributed by atoms with E-state index >= 15 is 0 Å². The molecule has 1 aromatic rings. The van der Waals surface area contributed by atoms with Crippen molar-refractivity contribution in [3.05, 3.63) is 29.8 Å². The van der Waals surface area contributed by atoms with Gasteiger partial charge in [0, 0.05) is 6.54 Å². The summed E-state index contributed by atoms with van der Waals surface area (Å²) in [4.78, 5) is 2.54. The molecule has 0 bridgehead atoms. The molecule has 19 heavy (non-hydrogen) atoms. The summed E-state index contributed by atoms with van der Waals surface area (Å²) in [5, 5.41) is 0. The number of nitrogens with zero attached hydrogens (tertiary/aromatic N) is 1. The maximum atomic E-state index is 5.68. The standard InChI is InChI=1S/C16H26N2O/c17-10-2-5-13-19-16-8-6-15(7-9-16)14-18-11-3-1-4-12-18/h6-9H,1-5,10-14,17H2. The SMILES string of the molecule is NCCCCOc1ccc(CN2CCCCC2)cc1. The maximum Gasteiger partial charge on any atom is 0.119 e. The first kappa shape index (κ1) is 14.4. The van der Waals surface area contributed by atoms with Crippen LogP contribution >= 0.6 is 0 Å². The molecule has 0 aromatic heterocycles. The van der Waals surface area contributed by atoms with Gasteiger partial charge in [0.15, 0.2) is 0 Å². The highest BCUT2D eigenvalue weighted by Gasteiger charge is 2.10. The summed E-state index contributed by atoms with van der Waals surface area (Å²) in [6.45, 7) is 5.09. The molecule has 0 saturated carbocycles. The summed E-state index contributed by atoms with van der Waals surface area (Å²) in [7, 11) is 0. The minimum Gasteiger partial charge on any atom is -0.494 e. The van der Waals surface area contributed by atoms with E-state index in [2.05, 4.69) is 29.2 Å². The number of hydrogen-bond donors (Lipinski definition) is 1. The zero-order valence-corrected chi connectivity index (χ0v) is 11.8. The molecule has 1 aromatic carbocycles. The predicted molar refractivity (Wildman–Crippen MR) is 79.4 cm³/mol. The summed E-state index contributed by atoms with van der Waals surface area (Å²) in [6, 6.07) is 8.54. The molecule has 0 aliphatic carbocycles. The Morgan fingerprint density at radius 2 is 1.74 bits per heavy atom. The van der Waals surface area contributed by atoms with Crippen LogP contribution in [0.3, 0.4) is 0 Å². The lowest BCUT2D eigenvalue weighted by Gasteiger charge is -2.26. The van der Waals surface area contributed by atoms with Gasteiger partial charge in [-0.3, -0.25) is 4.90 Å². The van der Waals surface area contributed by atoms with Crippen molar-refractivity contribution in [2.75, 3.05) is 26.2 Å². The Hall–Kier alpha value is -1.06. The van der Waals surface area contributed by atoms with Gasteiger partial charge in [0.2, 0.25) is 0 Å². The molecule has 1 fully saturated rings. The van der Waals surface area contributed by atoms with Crippen molar-refractivity contribution in [3.8, 4) is 5.75 Å². The molecule has 0 atom stereocenters. The van der Waals surface area contributed by atoms with Crippen molar-refractivity contribution in [2.45, 2.75) is 38.6 Å². The minimum atomic E-state index is 0.748. The zero-order valence-electron chi connectivity index (χ0n) is 11.8. The molecule has 2 rings (SSSR count). The first-order valence-electron chi connectivity index (χ1n) is 7.52. The van der Waals surface area contributed by atoms with Crippen LogP contribution in [0.25, 0.3) is 0 Å². The lowest BCUT2D eigenvalue weighted by molar-refractivity contribution is 0.221. The van der Waals surface area contributed by atoms with Crippen LogP contribution in [0, 0.1) is 0 Å². The van der Waals surface area contributed by atoms with Gasteiger partial charge in [0.1, 0.15) is 5.75 Å². The Kier molecular flexibility index (Phi) is 6.18. The van der Waals surface area contributed by atoms with Gasteiger partial charge in [-0.1, -0.05) is 18.6 Å². The Morgan fingerprint density at radius 1 is 1.00 bits per heavy atom. The zero-order chi connectivity index (χ0) is 13.3. The fourth-order valence-electron chi connectivity index (χ4n) is 2.50. The quantitative estimate of drug-likeness (QED) is 0.768. The maximum absolute atomic E-state index is 5.68. The van der Waals surface area contributed by atoms with Crippen LogP contribution in [0.1, 0.15) is 37.7 Å². The van der Waals surface area contributed by atoms with Crippen molar-refractivity contribution in [3.63, 3.8) is 0 Å². The van der Waals surface area contributed by atoms with E-state index in [1.54, 1.807) is 0 Å². The smallest absolute Gasteiger partial charge is 0.119 e. The Labute approximate surface area is 116 Å². The van der Waals surface area contributed by atoms with Gasteiger partial charge in [-0.2, -0.15) is 0 Å². The van der Waals surface area contributed by atoms with E-state index in [1.165, 1.54) is 37.9 Å². The van der Waals surface area contributed by atoms with Crippen LogP contribution < -0.4 is 10.5 Å². The minimum absolute atomic E-state index is 0.748. The van der Waals surface area contributed by atoms with Gasteiger partial charge in [-0.05, 0) is 63.0 Å². The summed E-state index contributed by atoms with van der Waals surface area (Å²) >= 11 is 0. The number of nitrogens with two attached hydrogens (primary N) is 1. The van der Waals surface area contributed by atoms with Gasteiger partial charge < -0.3 is 10.5 Å². The Balaban J connectivity index is 1.74. The molecule has 1 saturated heterocycles. The summed E-state index contributed by atoms with van der Waals surface area (Å²) < 4.78 is 5.68. The average molecular weight is 262 g/mol. The first-order chi connectivity index (χ1) is 9.38. The average Bonchev–Trinajstić information content (AvgIpc) is 2.46. The van der Waals surface area contributed by atoms with Crippen LogP contribution in [0.4, 0.5) is 0 Å². The largest absolute Gasteiger partial charge is 0.494 e. The van der Waals surface area contributed by atoms with E-state index in [0.29, 0.717) is 0 Å². The van der Waals surface area contributed by atoms with Crippen LogP contribution in [0.15, 0.2) is 24.3 Å². The highest BCUT2D eigenvalue weighted by molar-refractivity contribution is 5.27. The third-order valence-electron chi connectivity index (χ3n) is 3.65. The monoisotopic (exact) mass is 262 g/mol. The third kappa shape index (κ3) is 5.21. The number of piperidine rings is 1. The van der Waals surface area contributed by atoms with Crippen molar-refractivity contribution in [2.24, 2.45) is 5.73 Å². The van der Waals surface area contributed by atoms with E-state index in [9.17, 15) is 0 Å². The normalized spacial score (nSPS) is 16.5. The lowest BCUT2D eigenvalue weighted by Crippen LogP contribution is -2.28. The molecule has 3 nitrogen and oxygen atoms in total. The summed E-state index contributed by atoms with van der Waals surface area (Å²) in [6.07, 6.45) is 6.16. The molecule has 0 unspecified atom stereocenters. The lowest BCUT2D eigenvalue weighted by atomic mass is 10.1. The van der Waals surface area contributed by atoms with Crippen molar-refractivity contribution in [1.82, 2.24) is 4.90 Å². The summed E-state index contributed by atoms with van der Waals surface area (Å²) in [5.74, 6) is 0.972. The number of rotatable bonds is 7. The van der Waals surface area contributed by atoms with Gasteiger partial charge in [0.25, 0.3) is 0 Å². The highest BCUT2D eigenvalue weighted by Crippen LogP contribution is 2.16. The first-order valence-corrected chi connectivity index (χ1v) is 7.52. The fourth-order valence-corrected chi connectivity index (χ4v) is 2.50. The number of unbranched alkanes of at least 4 members (excludes halogenated alkanes) is 1. The van der Waals surface area contributed by atoms with E-state index in [0.717, 1.165) is 38.3 Å². The molecule has 1 aliphatic heterocycles. The van der Waals surface area contributed by atoms with E-state index < -0.39 is 0 Å². The number of hydrogen-bond acceptors (Lipinski definition) is 3. The van der Waals surface area contributed by atoms with Crippen LogP contribution in [0.5, 0.6) is 5.75 Å². The van der Waals surface area contributed by atoms with E-state index in [1.807, 2.05) is 0 Å². The molecular formula is C16H26N2O. The van der Waals surface area contributed by atoms with E-state index in [-0.39, 0.29) is 0 Å². The molecule has 1 heterocycles. The Bertz CT molecular complexity index is 344. The topological polar surface area (TPSA) is 38.5 Å². The fraction of sp³-hybridized carbons (Fsp3) is 0.625. The molecule has 106 valence electrons. The van der Waals surface area contributed by atoms with Gasteiger partial charge in [0.05, 0.1) is 6.61 Å². The number of likely N-dealkylation sites (tertiary alicyclic amines) is 1. The van der Waals surface area contributed by atoms with Crippen LogP contribution in [-0.4, -0.2) is 31.1 Å². The summed E-state index contributed by atoms with van der Waals surface area (Å²) in [5.41, 5.74) is 6.84. The molecule has 0 spiro atoms.